The van der Waals surface area contributed by atoms with E-state index in [-0.39, 0.29) is 5.97 Å². The van der Waals surface area contributed by atoms with Crippen LogP contribution in [0, 0.1) is 0 Å². The summed E-state index contributed by atoms with van der Waals surface area (Å²) in [6, 6.07) is 0. The highest BCUT2D eigenvalue weighted by Crippen LogP contribution is 2.05. The van der Waals surface area contributed by atoms with E-state index in [1.54, 1.807) is 0 Å². The third-order valence-corrected chi connectivity index (χ3v) is 3.28. The molecule has 0 amide bonds. The summed E-state index contributed by atoms with van der Waals surface area (Å²) in [5, 5.41) is 8.27. The molecule has 0 aliphatic rings. The van der Waals surface area contributed by atoms with Crippen molar-refractivity contribution < 1.29 is 19.4 Å². The summed E-state index contributed by atoms with van der Waals surface area (Å²) >= 11 is 0. The molecule has 132 valence electrons. The van der Waals surface area contributed by atoms with E-state index in [1.807, 2.05) is 6.92 Å². The zero-order valence-corrected chi connectivity index (χ0v) is 14.9. The molecule has 0 atom stereocenters. The van der Waals surface area contributed by atoms with Gasteiger partial charge in [-0.2, -0.15) is 0 Å². The molecule has 0 fully saturated rings. The molecule has 22 heavy (non-hydrogen) atoms. The maximum absolute atomic E-state index is 10.9. The van der Waals surface area contributed by atoms with Crippen molar-refractivity contribution in [2.24, 2.45) is 0 Å². The lowest BCUT2D eigenvalue weighted by molar-refractivity contribution is -0.143. The Morgan fingerprint density at radius 1 is 0.727 bits per heavy atom. The third-order valence-electron chi connectivity index (χ3n) is 3.28. The Balaban J connectivity index is 0. The van der Waals surface area contributed by atoms with Gasteiger partial charge in [0.25, 0.3) is 0 Å². The number of aliphatic carboxylic acids is 1. The molecule has 0 saturated carbocycles. The van der Waals surface area contributed by atoms with Gasteiger partial charge in [0.1, 0.15) is 0 Å². The molecular formula is C18H36O4. The minimum atomic E-state index is -0.670. The molecule has 4 heteroatoms. The summed E-state index contributed by atoms with van der Waals surface area (Å²) < 4.78 is 4.81. The maximum atomic E-state index is 10.9. The lowest BCUT2D eigenvalue weighted by atomic mass is 10.1. The number of hydrogen-bond donors (Lipinski definition) is 1. The van der Waals surface area contributed by atoms with E-state index in [2.05, 4.69) is 13.8 Å². The van der Waals surface area contributed by atoms with Crippen LogP contribution < -0.4 is 0 Å². The second-order valence-corrected chi connectivity index (χ2v) is 5.53. The first-order chi connectivity index (χ1) is 10.6. The molecular weight excluding hydrogens is 280 g/mol. The van der Waals surface area contributed by atoms with Crippen LogP contribution in [0.1, 0.15) is 97.8 Å². The number of rotatable bonds is 13. The number of carbonyl (C=O) groups is 2. The quantitative estimate of drug-likeness (QED) is 0.368. The normalized spacial score (nSPS) is 9.77. The molecule has 0 heterocycles. The zero-order chi connectivity index (χ0) is 17.1. The van der Waals surface area contributed by atoms with Crippen LogP contribution in [0.15, 0.2) is 0 Å². The van der Waals surface area contributed by atoms with Gasteiger partial charge in [0.2, 0.25) is 0 Å². The van der Waals surface area contributed by atoms with Crippen molar-refractivity contribution in [3.63, 3.8) is 0 Å². The number of carboxylic acid groups (broad SMARTS) is 1. The van der Waals surface area contributed by atoms with E-state index in [4.69, 9.17) is 9.84 Å². The second-order valence-electron chi connectivity index (χ2n) is 5.53. The fourth-order valence-corrected chi connectivity index (χ4v) is 1.99. The van der Waals surface area contributed by atoms with Crippen molar-refractivity contribution >= 4 is 11.9 Å². The average molecular weight is 316 g/mol. The molecule has 4 nitrogen and oxygen atoms in total. The smallest absolute Gasteiger partial charge is 0.305 e. The number of unbranched alkanes of at least 4 members (excludes halogenated alkanes) is 8. The highest BCUT2D eigenvalue weighted by molar-refractivity contribution is 5.69. The topological polar surface area (TPSA) is 63.6 Å². The van der Waals surface area contributed by atoms with Gasteiger partial charge in [-0.05, 0) is 19.8 Å². The molecule has 1 N–H and O–H groups in total. The lowest BCUT2D eigenvalue weighted by Gasteiger charge is -2.00. The Morgan fingerprint density at radius 2 is 1.18 bits per heavy atom. The molecule has 0 saturated heterocycles. The summed E-state index contributed by atoms with van der Waals surface area (Å²) in [5.41, 5.74) is 0. The maximum Gasteiger partial charge on any atom is 0.305 e. The number of carbonyl (C=O) groups excluding carboxylic acids is 1. The minimum absolute atomic E-state index is 0.0472. The van der Waals surface area contributed by atoms with E-state index < -0.39 is 5.97 Å². The summed E-state index contributed by atoms with van der Waals surface area (Å²) in [6.07, 6.45) is 12.4. The van der Waals surface area contributed by atoms with Crippen molar-refractivity contribution in [2.75, 3.05) is 6.61 Å². The molecule has 0 unspecified atom stereocenters. The van der Waals surface area contributed by atoms with Gasteiger partial charge in [-0.25, -0.2) is 0 Å². The molecule has 0 aromatic rings. The van der Waals surface area contributed by atoms with Crippen LogP contribution in [0.25, 0.3) is 0 Å². The number of hydrogen-bond acceptors (Lipinski definition) is 3. The fraction of sp³-hybridized carbons (Fsp3) is 0.889. The van der Waals surface area contributed by atoms with Gasteiger partial charge >= 0.3 is 11.9 Å². The first-order valence-corrected chi connectivity index (χ1v) is 8.95. The Morgan fingerprint density at radius 3 is 1.59 bits per heavy atom. The van der Waals surface area contributed by atoms with Crippen molar-refractivity contribution in [2.45, 2.75) is 97.8 Å². The molecule has 0 aromatic heterocycles. The molecule has 0 bridgehead atoms. The number of esters is 1. The van der Waals surface area contributed by atoms with Crippen LogP contribution >= 0.6 is 0 Å². The first kappa shape index (κ1) is 23.2. The summed E-state index contributed by atoms with van der Waals surface area (Å²) in [6.45, 7) is 6.69. The average Bonchev–Trinajstić information content (AvgIpc) is 2.47. The highest BCUT2D eigenvalue weighted by atomic mass is 16.5. The van der Waals surface area contributed by atoms with Gasteiger partial charge in [0.15, 0.2) is 0 Å². The van der Waals surface area contributed by atoms with E-state index >= 15 is 0 Å². The molecule has 0 aliphatic heterocycles. The monoisotopic (exact) mass is 316 g/mol. The standard InChI is InChI=1S/C10H20O2.C8H16O2/c1-3-5-6-7-8-9-10(11)12-4-2;1-2-3-4-5-6-7-8(9)10/h3-9H2,1-2H3;2-7H2,1H3,(H,9,10). The van der Waals surface area contributed by atoms with Crippen molar-refractivity contribution in [3.05, 3.63) is 0 Å². The van der Waals surface area contributed by atoms with Gasteiger partial charge in [-0.3, -0.25) is 9.59 Å². The Kier molecular flexibility index (Phi) is 21.0. The van der Waals surface area contributed by atoms with Gasteiger partial charge in [0, 0.05) is 12.8 Å². The molecule has 0 aliphatic carbocycles. The van der Waals surface area contributed by atoms with Crippen molar-refractivity contribution in [1.29, 1.82) is 0 Å². The van der Waals surface area contributed by atoms with Crippen LogP contribution in [-0.2, 0) is 14.3 Å². The predicted molar refractivity (Wildman–Crippen MR) is 91.0 cm³/mol. The first-order valence-electron chi connectivity index (χ1n) is 8.95. The third kappa shape index (κ3) is 24.0. The second kappa shape index (κ2) is 19.9. The van der Waals surface area contributed by atoms with Gasteiger partial charge in [-0.15, -0.1) is 0 Å². The van der Waals surface area contributed by atoms with Crippen LogP contribution in [0.2, 0.25) is 0 Å². The summed E-state index contributed by atoms with van der Waals surface area (Å²) in [5.74, 6) is -0.717. The van der Waals surface area contributed by atoms with Crippen LogP contribution in [0.5, 0.6) is 0 Å². The molecule has 0 radical (unpaired) electrons. The Hall–Kier alpha value is -1.06. The van der Waals surface area contributed by atoms with Crippen molar-refractivity contribution in [1.82, 2.24) is 0 Å². The molecule has 0 aromatic carbocycles. The van der Waals surface area contributed by atoms with E-state index in [1.165, 1.54) is 38.5 Å². The van der Waals surface area contributed by atoms with Gasteiger partial charge in [-0.1, -0.05) is 65.2 Å². The van der Waals surface area contributed by atoms with E-state index in [9.17, 15) is 9.59 Å². The zero-order valence-electron chi connectivity index (χ0n) is 14.9. The lowest BCUT2D eigenvalue weighted by Crippen LogP contribution is -2.02. The van der Waals surface area contributed by atoms with Gasteiger partial charge in [0.05, 0.1) is 6.61 Å². The van der Waals surface area contributed by atoms with Crippen LogP contribution in [0.4, 0.5) is 0 Å². The predicted octanol–water partition coefficient (Wildman–Crippen LogP) is 5.34. The number of carboxylic acids is 1. The largest absolute Gasteiger partial charge is 0.481 e. The Bertz CT molecular complexity index is 251. The molecule has 0 rings (SSSR count). The van der Waals surface area contributed by atoms with Crippen LogP contribution in [-0.4, -0.2) is 23.7 Å². The minimum Gasteiger partial charge on any atom is -0.481 e. The number of ether oxygens (including phenoxy) is 1. The van der Waals surface area contributed by atoms with Gasteiger partial charge < -0.3 is 9.84 Å². The highest BCUT2D eigenvalue weighted by Gasteiger charge is 1.99. The molecule has 0 spiro atoms. The summed E-state index contributed by atoms with van der Waals surface area (Å²) in [4.78, 5) is 20.9. The fourth-order valence-electron chi connectivity index (χ4n) is 1.99. The SMILES string of the molecule is CCCCCCCC(=O)O.CCCCCCCC(=O)OCC. The van der Waals surface area contributed by atoms with E-state index in [0.29, 0.717) is 19.4 Å². The summed E-state index contributed by atoms with van der Waals surface area (Å²) in [7, 11) is 0. The van der Waals surface area contributed by atoms with Crippen molar-refractivity contribution in [3.8, 4) is 0 Å². The van der Waals surface area contributed by atoms with Crippen LogP contribution in [0.3, 0.4) is 0 Å². The van der Waals surface area contributed by atoms with E-state index in [0.717, 1.165) is 25.7 Å². The Labute approximate surface area is 136 Å².